The van der Waals surface area contributed by atoms with E-state index in [4.69, 9.17) is 4.74 Å². The number of ether oxygens (including phenoxy) is 2. The summed E-state index contributed by atoms with van der Waals surface area (Å²) in [4.78, 5) is 36.2. The molecule has 0 radical (unpaired) electrons. The SMILES string of the molecule is COC(=O)c1ccc(C(=O)O[C@H](C)C(=O)c2ccc(C(C)(C)C)cc2)cc1. The summed E-state index contributed by atoms with van der Waals surface area (Å²) in [5.41, 5.74) is 2.19. The molecule has 0 heterocycles. The minimum absolute atomic E-state index is 0.00395. The first-order valence-electron chi connectivity index (χ1n) is 8.67. The lowest BCUT2D eigenvalue weighted by Crippen LogP contribution is -2.24. The third kappa shape index (κ3) is 5.03. The van der Waals surface area contributed by atoms with Crippen molar-refractivity contribution in [1.82, 2.24) is 0 Å². The summed E-state index contributed by atoms with van der Waals surface area (Å²) in [6, 6.07) is 13.2. The van der Waals surface area contributed by atoms with Crippen LogP contribution in [0.4, 0.5) is 0 Å². The lowest BCUT2D eigenvalue weighted by Gasteiger charge is -2.19. The van der Waals surface area contributed by atoms with Gasteiger partial charge in [0.25, 0.3) is 0 Å². The summed E-state index contributed by atoms with van der Waals surface area (Å²) in [5, 5.41) is 0. The molecular weight excluding hydrogens is 344 g/mol. The van der Waals surface area contributed by atoms with Gasteiger partial charge in [-0.15, -0.1) is 0 Å². The van der Waals surface area contributed by atoms with Crippen LogP contribution in [-0.4, -0.2) is 30.9 Å². The Bertz CT molecular complexity index is 827. The molecule has 2 aromatic carbocycles. The molecular formula is C22H24O5. The lowest BCUT2D eigenvalue weighted by molar-refractivity contribution is 0.0318. The molecule has 0 saturated heterocycles. The number of hydrogen-bond donors (Lipinski definition) is 0. The van der Waals surface area contributed by atoms with Gasteiger partial charge in [0.05, 0.1) is 18.2 Å². The van der Waals surface area contributed by atoms with Crippen LogP contribution in [0.2, 0.25) is 0 Å². The number of hydrogen-bond acceptors (Lipinski definition) is 5. The van der Waals surface area contributed by atoms with E-state index >= 15 is 0 Å². The number of benzene rings is 2. The number of methoxy groups -OCH3 is 1. The van der Waals surface area contributed by atoms with Crippen LogP contribution >= 0.6 is 0 Å². The summed E-state index contributed by atoms with van der Waals surface area (Å²) in [6.45, 7) is 7.83. The van der Waals surface area contributed by atoms with Crippen LogP contribution in [0, 0.1) is 0 Å². The third-order valence-electron chi connectivity index (χ3n) is 4.23. The normalized spacial score (nSPS) is 12.2. The van der Waals surface area contributed by atoms with Crippen molar-refractivity contribution in [3.05, 3.63) is 70.8 Å². The second-order valence-electron chi connectivity index (χ2n) is 7.31. The fourth-order valence-corrected chi connectivity index (χ4v) is 2.51. The van der Waals surface area contributed by atoms with Gasteiger partial charge in [-0.2, -0.15) is 0 Å². The molecule has 0 fully saturated rings. The molecule has 2 aromatic rings. The van der Waals surface area contributed by atoms with Crippen molar-refractivity contribution < 1.29 is 23.9 Å². The van der Waals surface area contributed by atoms with E-state index in [0.717, 1.165) is 5.56 Å². The summed E-state index contributed by atoms with van der Waals surface area (Å²) in [6.07, 6.45) is -0.918. The molecule has 0 aliphatic rings. The van der Waals surface area contributed by atoms with E-state index in [0.29, 0.717) is 11.1 Å². The van der Waals surface area contributed by atoms with Crippen molar-refractivity contribution in [2.24, 2.45) is 0 Å². The average molecular weight is 368 g/mol. The molecule has 0 N–H and O–H groups in total. The minimum Gasteiger partial charge on any atom is -0.465 e. The molecule has 142 valence electrons. The van der Waals surface area contributed by atoms with Gasteiger partial charge in [-0.3, -0.25) is 4.79 Å². The Morgan fingerprint density at radius 1 is 0.778 bits per heavy atom. The zero-order valence-electron chi connectivity index (χ0n) is 16.2. The van der Waals surface area contributed by atoms with Gasteiger partial charge >= 0.3 is 11.9 Å². The molecule has 0 amide bonds. The smallest absolute Gasteiger partial charge is 0.338 e. The van der Waals surface area contributed by atoms with Crippen LogP contribution in [0.3, 0.4) is 0 Å². The second kappa shape index (κ2) is 8.16. The number of Topliss-reactive ketones (excluding diaryl/α,β-unsaturated/α-hetero) is 1. The minimum atomic E-state index is -0.918. The molecule has 0 unspecified atom stereocenters. The first kappa shape index (κ1) is 20.4. The molecule has 27 heavy (non-hydrogen) atoms. The van der Waals surface area contributed by atoms with Gasteiger partial charge in [-0.05, 0) is 42.2 Å². The molecule has 5 nitrogen and oxygen atoms in total. The van der Waals surface area contributed by atoms with E-state index in [9.17, 15) is 14.4 Å². The van der Waals surface area contributed by atoms with Crippen LogP contribution in [0.1, 0.15) is 64.3 Å². The molecule has 2 rings (SSSR count). The van der Waals surface area contributed by atoms with Crippen molar-refractivity contribution in [1.29, 1.82) is 0 Å². The van der Waals surface area contributed by atoms with Gasteiger partial charge in [-0.1, -0.05) is 45.0 Å². The fourth-order valence-electron chi connectivity index (χ4n) is 2.51. The Labute approximate surface area is 159 Å². The maximum Gasteiger partial charge on any atom is 0.338 e. The molecule has 0 aliphatic carbocycles. The van der Waals surface area contributed by atoms with Crippen LogP contribution in [0.15, 0.2) is 48.5 Å². The van der Waals surface area contributed by atoms with Gasteiger partial charge in [0.2, 0.25) is 5.78 Å². The second-order valence-corrected chi connectivity index (χ2v) is 7.31. The first-order valence-corrected chi connectivity index (χ1v) is 8.67. The Balaban J connectivity index is 2.05. The Morgan fingerprint density at radius 3 is 1.67 bits per heavy atom. The standard InChI is InChI=1S/C22H24O5/c1-14(19(23)15-10-12-18(13-11-15)22(2,3)4)27-21(25)17-8-6-16(7-9-17)20(24)26-5/h6-14H,1-5H3/t14-/m1/s1. The van der Waals surface area contributed by atoms with Gasteiger partial charge in [0.1, 0.15) is 0 Å². The Kier molecular flexibility index (Phi) is 6.16. The largest absolute Gasteiger partial charge is 0.465 e. The number of ketones is 1. The van der Waals surface area contributed by atoms with Gasteiger partial charge in [0.15, 0.2) is 6.10 Å². The van der Waals surface area contributed by atoms with Crippen LogP contribution in [0.5, 0.6) is 0 Å². The monoisotopic (exact) mass is 368 g/mol. The van der Waals surface area contributed by atoms with E-state index in [1.807, 2.05) is 12.1 Å². The highest BCUT2D eigenvalue weighted by Crippen LogP contribution is 2.22. The van der Waals surface area contributed by atoms with E-state index in [-0.39, 0.29) is 16.8 Å². The van der Waals surface area contributed by atoms with Crippen LogP contribution in [0.25, 0.3) is 0 Å². The molecule has 0 saturated carbocycles. The van der Waals surface area contributed by atoms with E-state index < -0.39 is 18.0 Å². The fraction of sp³-hybridized carbons (Fsp3) is 0.318. The zero-order chi connectivity index (χ0) is 20.2. The molecule has 0 aromatic heterocycles. The Morgan fingerprint density at radius 2 is 1.22 bits per heavy atom. The maximum absolute atomic E-state index is 12.5. The number of carbonyl (C=O) groups is 3. The number of carbonyl (C=O) groups excluding carboxylic acids is 3. The molecule has 0 spiro atoms. The predicted octanol–water partition coefficient (Wildman–Crippen LogP) is 4.20. The zero-order valence-corrected chi connectivity index (χ0v) is 16.2. The molecule has 1 atom stereocenters. The van der Waals surface area contributed by atoms with Crippen molar-refractivity contribution in [3.8, 4) is 0 Å². The highest BCUT2D eigenvalue weighted by atomic mass is 16.5. The van der Waals surface area contributed by atoms with Crippen molar-refractivity contribution in [3.63, 3.8) is 0 Å². The Hall–Kier alpha value is -2.95. The topological polar surface area (TPSA) is 69.7 Å². The van der Waals surface area contributed by atoms with Crippen molar-refractivity contribution >= 4 is 17.7 Å². The van der Waals surface area contributed by atoms with Crippen LogP contribution < -0.4 is 0 Å². The predicted molar refractivity (Wildman–Crippen MR) is 102 cm³/mol. The van der Waals surface area contributed by atoms with Crippen LogP contribution in [-0.2, 0) is 14.9 Å². The van der Waals surface area contributed by atoms with Crippen molar-refractivity contribution in [2.75, 3.05) is 7.11 Å². The van der Waals surface area contributed by atoms with Gasteiger partial charge < -0.3 is 9.47 Å². The third-order valence-corrected chi connectivity index (χ3v) is 4.23. The highest BCUT2D eigenvalue weighted by molar-refractivity contribution is 6.01. The maximum atomic E-state index is 12.5. The van der Waals surface area contributed by atoms with Gasteiger partial charge in [0, 0.05) is 5.56 Å². The lowest BCUT2D eigenvalue weighted by atomic mass is 9.86. The summed E-state index contributed by atoms with van der Waals surface area (Å²) < 4.78 is 9.88. The first-order chi connectivity index (χ1) is 12.6. The van der Waals surface area contributed by atoms with E-state index in [2.05, 4.69) is 25.5 Å². The number of rotatable bonds is 5. The van der Waals surface area contributed by atoms with E-state index in [1.54, 1.807) is 19.1 Å². The van der Waals surface area contributed by atoms with E-state index in [1.165, 1.54) is 31.4 Å². The molecule has 5 heteroatoms. The number of esters is 2. The summed E-state index contributed by atoms with van der Waals surface area (Å²) in [7, 11) is 1.28. The quantitative estimate of drug-likeness (QED) is 0.584. The van der Waals surface area contributed by atoms with Crippen molar-refractivity contribution in [2.45, 2.75) is 39.2 Å². The van der Waals surface area contributed by atoms with Gasteiger partial charge in [-0.25, -0.2) is 9.59 Å². The highest BCUT2D eigenvalue weighted by Gasteiger charge is 2.21. The molecule has 0 aliphatic heterocycles. The summed E-state index contributed by atoms with van der Waals surface area (Å²) in [5.74, 6) is -1.38. The molecule has 0 bridgehead atoms. The summed E-state index contributed by atoms with van der Waals surface area (Å²) >= 11 is 0. The average Bonchev–Trinajstić information content (AvgIpc) is 2.66.